The van der Waals surface area contributed by atoms with Crippen molar-refractivity contribution < 1.29 is 4.39 Å². The van der Waals surface area contributed by atoms with Crippen molar-refractivity contribution in [3.8, 4) is 0 Å². The summed E-state index contributed by atoms with van der Waals surface area (Å²) in [6.07, 6.45) is 5.32. The van der Waals surface area contributed by atoms with Crippen LogP contribution in [-0.4, -0.2) is 30.6 Å². The van der Waals surface area contributed by atoms with Gasteiger partial charge < -0.3 is 5.32 Å². The fourth-order valence-corrected chi connectivity index (χ4v) is 2.99. The van der Waals surface area contributed by atoms with Crippen LogP contribution >= 0.6 is 0 Å². The van der Waals surface area contributed by atoms with Gasteiger partial charge in [-0.15, -0.1) is 0 Å². The van der Waals surface area contributed by atoms with Crippen LogP contribution in [0.2, 0.25) is 0 Å². The Hall–Kier alpha value is -0.930. The second-order valence-electron chi connectivity index (χ2n) is 6.06. The van der Waals surface area contributed by atoms with Crippen LogP contribution in [0.5, 0.6) is 0 Å². The summed E-state index contributed by atoms with van der Waals surface area (Å²) in [6.45, 7) is 4.32. The summed E-state index contributed by atoms with van der Waals surface area (Å²) in [5.41, 5.74) is 1.10. The summed E-state index contributed by atoms with van der Waals surface area (Å²) in [6, 6.07) is 7.67. The molecule has 2 aliphatic rings. The Balaban J connectivity index is 1.60. The van der Waals surface area contributed by atoms with Crippen molar-refractivity contribution in [1.29, 1.82) is 0 Å². The second-order valence-corrected chi connectivity index (χ2v) is 6.06. The number of nitrogens with zero attached hydrogens (tertiary/aromatic N) is 1. The molecule has 1 aromatic rings. The molecule has 1 saturated heterocycles. The van der Waals surface area contributed by atoms with Crippen LogP contribution < -0.4 is 5.32 Å². The van der Waals surface area contributed by atoms with Gasteiger partial charge in [0.15, 0.2) is 0 Å². The van der Waals surface area contributed by atoms with Crippen LogP contribution in [-0.2, 0) is 6.54 Å². The van der Waals surface area contributed by atoms with E-state index in [-0.39, 0.29) is 5.82 Å². The summed E-state index contributed by atoms with van der Waals surface area (Å²) >= 11 is 0. The molecular formula is C16H23FN2. The van der Waals surface area contributed by atoms with E-state index in [0.717, 1.165) is 31.1 Å². The monoisotopic (exact) mass is 262 g/mol. The van der Waals surface area contributed by atoms with Gasteiger partial charge in [-0.2, -0.15) is 0 Å². The van der Waals surface area contributed by atoms with E-state index in [0.29, 0.717) is 6.04 Å². The van der Waals surface area contributed by atoms with Crippen LogP contribution in [0, 0.1) is 11.7 Å². The highest BCUT2D eigenvalue weighted by molar-refractivity contribution is 5.16. The molecule has 1 heterocycles. The van der Waals surface area contributed by atoms with Crippen molar-refractivity contribution in [2.24, 2.45) is 5.92 Å². The van der Waals surface area contributed by atoms with E-state index < -0.39 is 0 Å². The number of rotatable bonds is 6. The van der Waals surface area contributed by atoms with Crippen LogP contribution in [0.4, 0.5) is 4.39 Å². The molecule has 1 atom stereocenters. The molecule has 19 heavy (non-hydrogen) atoms. The Kier molecular flexibility index (Phi) is 4.14. The number of nitrogens with one attached hydrogen (secondary N) is 1. The molecule has 1 aromatic carbocycles. The number of benzene rings is 1. The number of hydrogen-bond donors (Lipinski definition) is 1. The minimum atomic E-state index is -0.122. The lowest BCUT2D eigenvalue weighted by molar-refractivity contribution is 0.231. The largest absolute Gasteiger partial charge is 0.313 e. The minimum Gasteiger partial charge on any atom is -0.313 e. The molecule has 1 unspecified atom stereocenters. The highest BCUT2D eigenvalue weighted by Crippen LogP contribution is 2.30. The highest BCUT2D eigenvalue weighted by atomic mass is 19.1. The predicted molar refractivity (Wildman–Crippen MR) is 75.4 cm³/mol. The molecule has 0 spiro atoms. The first-order chi connectivity index (χ1) is 9.29. The van der Waals surface area contributed by atoms with Crippen molar-refractivity contribution in [3.05, 3.63) is 35.6 Å². The Bertz CT molecular complexity index is 411. The predicted octanol–water partition coefficient (Wildman–Crippen LogP) is 2.79. The van der Waals surface area contributed by atoms with Crippen LogP contribution in [0.15, 0.2) is 24.3 Å². The number of hydrogen-bond acceptors (Lipinski definition) is 2. The molecule has 1 aliphatic carbocycles. The SMILES string of the molecule is Fc1cccc(CN(CC2CC2)CC2CCCN2)c1. The van der Waals surface area contributed by atoms with Gasteiger partial charge >= 0.3 is 0 Å². The zero-order valence-electron chi connectivity index (χ0n) is 11.4. The fraction of sp³-hybridized carbons (Fsp3) is 0.625. The quantitative estimate of drug-likeness (QED) is 0.848. The van der Waals surface area contributed by atoms with Gasteiger partial charge in [-0.3, -0.25) is 4.90 Å². The van der Waals surface area contributed by atoms with E-state index in [1.54, 1.807) is 6.07 Å². The lowest BCUT2D eigenvalue weighted by Crippen LogP contribution is -2.38. The molecule has 2 nitrogen and oxygen atoms in total. The standard InChI is InChI=1S/C16H23FN2/c17-15-4-1-3-14(9-15)11-19(10-13-6-7-13)12-16-5-2-8-18-16/h1,3-4,9,13,16,18H,2,5-8,10-12H2. The third-order valence-corrected chi connectivity index (χ3v) is 4.15. The van der Waals surface area contributed by atoms with Gasteiger partial charge in [0.2, 0.25) is 0 Å². The van der Waals surface area contributed by atoms with E-state index in [2.05, 4.69) is 10.2 Å². The van der Waals surface area contributed by atoms with Crippen LogP contribution in [0.3, 0.4) is 0 Å². The summed E-state index contributed by atoms with van der Waals surface area (Å²) in [7, 11) is 0. The highest BCUT2D eigenvalue weighted by Gasteiger charge is 2.26. The van der Waals surface area contributed by atoms with E-state index >= 15 is 0 Å². The molecular weight excluding hydrogens is 239 g/mol. The van der Waals surface area contributed by atoms with Crippen molar-refractivity contribution in [1.82, 2.24) is 10.2 Å². The third-order valence-electron chi connectivity index (χ3n) is 4.15. The van der Waals surface area contributed by atoms with Gasteiger partial charge in [0.25, 0.3) is 0 Å². The Labute approximate surface area is 115 Å². The summed E-state index contributed by atoms with van der Waals surface area (Å²) < 4.78 is 13.3. The maximum absolute atomic E-state index is 13.3. The van der Waals surface area contributed by atoms with E-state index in [1.165, 1.54) is 38.3 Å². The van der Waals surface area contributed by atoms with Crippen molar-refractivity contribution in [3.63, 3.8) is 0 Å². The lowest BCUT2D eigenvalue weighted by Gasteiger charge is -2.25. The Morgan fingerprint density at radius 1 is 1.21 bits per heavy atom. The molecule has 1 saturated carbocycles. The van der Waals surface area contributed by atoms with Crippen LogP contribution in [0.25, 0.3) is 0 Å². The second kappa shape index (κ2) is 6.02. The van der Waals surface area contributed by atoms with E-state index in [4.69, 9.17) is 0 Å². The lowest BCUT2D eigenvalue weighted by atomic mass is 10.1. The molecule has 0 amide bonds. The first-order valence-corrected chi connectivity index (χ1v) is 7.50. The van der Waals surface area contributed by atoms with Gasteiger partial charge in [-0.1, -0.05) is 12.1 Å². The molecule has 104 valence electrons. The summed E-state index contributed by atoms with van der Waals surface area (Å²) in [4.78, 5) is 2.51. The third kappa shape index (κ3) is 4.02. The van der Waals surface area contributed by atoms with Crippen molar-refractivity contribution in [2.75, 3.05) is 19.6 Å². The average Bonchev–Trinajstić information content (AvgIpc) is 3.03. The van der Waals surface area contributed by atoms with Crippen molar-refractivity contribution >= 4 is 0 Å². The minimum absolute atomic E-state index is 0.122. The summed E-state index contributed by atoms with van der Waals surface area (Å²) in [5, 5.41) is 3.56. The van der Waals surface area contributed by atoms with Crippen molar-refractivity contribution in [2.45, 2.75) is 38.3 Å². The molecule has 1 aliphatic heterocycles. The van der Waals surface area contributed by atoms with E-state index in [9.17, 15) is 4.39 Å². The van der Waals surface area contributed by atoms with Gasteiger partial charge in [-0.25, -0.2) is 4.39 Å². The molecule has 0 bridgehead atoms. The first kappa shape index (κ1) is 13.1. The molecule has 2 fully saturated rings. The topological polar surface area (TPSA) is 15.3 Å². The average molecular weight is 262 g/mol. The van der Waals surface area contributed by atoms with Gasteiger partial charge in [-0.05, 0) is 55.8 Å². The first-order valence-electron chi connectivity index (χ1n) is 7.50. The molecule has 1 N–H and O–H groups in total. The number of halogens is 1. The zero-order chi connectivity index (χ0) is 13.1. The van der Waals surface area contributed by atoms with Gasteiger partial charge in [0.05, 0.1) is 0 Å². The molecule has 0 aromatic heterocycles. The normalized spacial score (nSPS) is 23.2. The Morgan fingerprint density at radius 3 is 2.79 bits per heavy atom. The van der Waals surface area contributed by atoms with Gasteiger partial charge in [0, 0.05) is 25.7 Å². The smallest absolute Gasteiger partial charge is 0.123 e. The molecule has 3 rings (SSSR count). The molecule has 0 radical (unpaired) electrons. The van der Waals surface area contributed by atoms with Crippen LogP contribution in [0.1, 0.15) is 31.2 Å². The summed E-state index contributed by atoms with van der Waals surface area (Å²) in [5.74, 6) is 0.762. The maximum Gasteiger partial charge on any atom is 0.123 e. The maximum atomic E-state index is 13.3. The molecule has 3 heteroatoms. The van der Waals surface area contributed by atoms with Gasteiger partial charge in [0.1, 0.15) is 5.82 Å². The fourth-order valence-electron chi connectivity index (χ4n) is 2.99. The Morgan fingerprint density at radius 2 is 2.11 bits per heavy atom. The van der Waals surface area contributed by atoms with E-state index in [1.807, 2.05) is 12.1 Å². The zero-order valence-corrected chi connectivity index (χ0v) is 11.4.